The second-order valence-electron chi connectivity index (χ2n) is 16.8. The summed E-state index contributed by atoms with van der Waals surface area (Å²) >= 11 is 0. The highest BCUT2D eigenvalue weighted by Gasteiger charge is 2.43. The Morgan fingerprint density at radius 2 is 0.825 bits per heavy atom. The summed E-state index contributed by atoms with van der Waals surface area (Å²) in [6, 6.07) is 0. The Morgan fingerprint density at radius 1 is 0.475 bits per heavy atom. The molecule has 5 nitrogen and oxygen atoms in total. The first kappa shape index (κ1) is 37.7. The van der Waals surface area contributed by atoms with E-state index in [4.69, 9.17) is 4.74 Å². The Hall–Kier alpha value is -0.340. The van der Waals surface area contributed by atoms with Gasteiger partial charge in [-0.15, -0.1) is 0 Å². The molecule has 0 saturated carbocycles. The zero-order valence-electron chi connectivity index (χ0n) is 29.1. The van der Waals surface area contributed by atoms with Gasteiger partial charge in [-0.05, 0) is 129 Å². The Balaban J connectivity index is 0.000000267. The van der Waals surface area contributed by atoms with Crippen molar-refractivity contribution in [1.82, 2.24) is 19.6 Å². The molecule has 0 bridgehead atoms. The van der Waals surface area contributed by atoms with Crippen molar-refractivity contribution in [2.45, 2.75) is 150 Å². The third-order valence-electron chi connectivity index (χ3n) is 8.38. The van der Waals surface area contributed by atoms with Crippen molar-refractivity contribution in [2.24, 2.45) is 0 Å². The van der Waals surface area contributed by atoms with Crippen LogP contribution >= 0.6 is 0 Å². The van der Waals surface area contributed by atoms with Crippen molar-refractivity contribution in [2.75, 3.05) is 65.6 Å². The van der Waals surface area contributed by atoms with Crippen molar-refractivity contribution in [3.8, 4) is 0 Å². The average molecular weight is 575 g/mol. The Bertz CT molecular complexity index is 709. The quantitative estimate of drug-likeness (QED) is 0.308. The fourth-order valence-corrected chi connectivity index (χ4v) is 5.34. The van der Waals surface area contributed by atoms with Gasteiger partial charge in [0.15, 0.2) is 0 Å². The molecule has 0 aromatic heterocycles. The second-order valence-corrected chi connectivity index (χ2v) is 16.8. The fourth-order valence-electron chi connectivity index (χ4n) is 5.34. The van der Waals surface area contributed by atoms with Crippen molar-refractivity contribution in [1.29, 1.82) is 0 Å². The van der Waals surface area contributed by atoms with Gasteiger partial charge in [0.25, 0.3) is 0 Å². The minimum absolute atomic E-state index is 0.129. The first-order valence-corrected chi connectivity index (χ1v) is 15.8. The van der Waals surface area contributed by atoms with Gasteiger partial charge in [-0.25, -0.2) is 8.78 Å². The lowest BCUT2D eigenvalue weighted by molar-refractivity contribution is -0.0681. The van der Waals surface area contributed by atoms with E-state index in [9.17, 15) is 8.78 Å². The molecular weight excluding hydrogens is 506 g/mol. The number of likely N-dealkylation sites (tertiary alicyclic amines) is 3. The Labute approximate surface area is 248 Å². The summed E-state index contributed by atoms with van der Waals surface area (Å²) in [5, 5.41) is 0. The fraction of sp³-hybridized carbons (Fsp3) is 1.00. The predicted molar refractivity (Wildman–Crippen MR) is 169 cm³/mol. The predicted octanol–water partition coefficient (Wildman–Crippen LogP) is 7.05. The SMILES string of the molecule is CC(C)(C)N1CCCC1.CC(C)(C)N1CCOCC1.CC1(F)CCN(C(C)(C)C)C1.CC1(F)CN(C(C)(C)C)C1. The van der Waals surface area contributed by atoms with E-state index in [0.29, 0.717) is 37.1 Å². The third-order valence-corrected chi connectivity index (χ3v) is 8.38. The molecule has 4 aliphatic heterocycles. The maximum atomic E-state index is 13.3. The van der Waals surface area contributed by atoms with Crippen molar-refractivity contribution >= 4 is 0 Å². The Morgan fingerprint density at radius 3 is 1.02 bits per heavy atom. The number of alkyl halides is 2. The van der Waals surface area contributed by atoms with Gasteiger partial charge >= 0.3 is 0 Å². The van der Waals surface area contributed by atoms with E-state index in [1.807, 2.05) is 0 Å². The van der Waals surface area contributed by atoms with Gasteiger partial charge < -0.3 is 4.74 Å². The molecule has 0 aliphatic carbocycles. The van der Waals surface area contributed by atoms with E-state index in [1.165, 1.54) is 25.9 Å². The van der Waals surface area contributed by atoms with E-state index in [1.54, 1.807) is 13.8 Å². The molecule has 0 aromatic rings. The lowest BCUT2D eigenvalue weighted by Gasteiger charge is -2.49. The molecule has 0 N–H and O–H groups in total. The molecule has 0 aromatic carbocycles. The normalized spacial score (nSPS) is 27.0. The summed E-state index contributed by atoms with van der Waals surface area (Å²) in [6.07, 6.45) is 3.48. The number of hydrogen-bond acceptors (Lipinski definition) is 5. The third kappa shape index (κ3) is 14.2. The highest BCUT2D eigenvalue weighted by Crippen LogP contribution is 2.31. The largest absolute Gasteiger partial charge is 0.379 e. The van der Waals surface area contributed by atoms with Crippen LogP contribution < -0.4 is 0 Å². The lowest BCUT2D eigenvalue weighted by atomic mass is 9.92. The maximum absolute atomic E-state index is 13.3. The molecule has 0 amide bonds. The summed E-state index contributed by atoms with van der Waals surface area (Å²) in [7, 11) is 0. The first-order chi connectivity index (χ1) is 17.8. The molecule has 1 atom stereocenters. The van der Waals surface area contributed by atoms with Gasteiger partial charge in [-0.2, -0.15) is 0 Å². The molecular formula is C33H68F2N4O. The smallest absolute Gasteiger partial charge is 0.133 e. The molecule has 7 heteroatoms. The molecule has 4 rings (SSSR count). The van der Waals surface area contributed by atoms with Crippen molar-refractivity contribution < 1.29 is 13.5 Å². The van der Waals surface area contributed by atoms with Crippen LogP contribution in [0.1, 0.15) is 116 Å². The first-order valence-electron chi connectivity index (χ1n) is 15.8. The number of nitrogens with zero attached hydrogens (tertiary/aromatic N) is 4. The van der Waals surface area contributed by atoms with Gasteiger partial charge in [0, 0.05) is 61.4 Å². The van der Waals surface area contributed by atoms with E-state index in [-0.39, 0.29) is 11.1 Å². The van der Waals surface area contributed by atoms with Gasteiger partial charge in [0.2, 0.25) is 0 Å². The summed E-state index contributed by atoms with van der Waals surface area (Å²) in [5.41, 5.74) is -0.865. The van der Waals surface area contributed by atoms with Crippen LogP contribution in [-0.2, 0) is 4.74 Å². The molecule has 240 valence electrons. The molecule has 40 heavy (non-hydrogen) atoms. The topological polar surface area (TPSA) is 22.2 Å². The zero-order chi connectivity index (χ0) is 31.2. The van der Waals surface area contributed by atoms with Crippen molar-refractivity contribution in [3.05, 3.63) is 0 Å². The lowest BCUT2D eigenvalue weighted by Crippen LogP contribution is -2.63. The number of morpholine rings is 1. The maximum Gasteiger partial charge on any atom is 0.133 e. The summed E-state index contributed by atoms with van der Waals surface area (Å²) < 4.78 is 31.5. The standard InChI is InChI=1S/C9H18FN.C8H16FN.C8H17NO.C8H17N/c1-8(2,3)11-6-5-9(4,10)7-11;1-7(2,3)10-5-8(4,9)6-10;1-8(2,3)9-4-6-10-7-5-9;1-8(2,3)9-6-4-5-7-9/h5-7H2,1-4H3;5-6H2,1-4H3;4-7H2,1-3H3;4-7H2,1-3H3. The van der Waals surface area contributed by atoms with E-state index < -0.39 is 11.3 Å². The average Bonchev–Trinajstić information content (AvgIpc) is 3.42. The van der Waals surface area contributed by atoms with Crippen LogP contribution in [-0.4, -0.2) is 119 Å². The minimum atomic E-state index is -0.951. The molecule has 4 aliphatic rings. The molecule has 1 unspecified atom stereocenters. The van der Waals surface area contributed by atoms with Crippen LogP contribution in [0.5, 0.6) is 0 Å². The highest BCUT2D eigenvalue weighted by molar-refractivity contribution is 4.97. The van der Waals surface area contributed by atoms with Crippen LogP contribution in [0.3, 0.4) is 0 Å². The van der Waals surface area contributed by atoms with Crippen LogP contribution in [0.2, 0.25) is 0 Å². The van der Waals surface area contributed by atoms with E-state index in [0.717, 1.165) is 32.8 Å². The second kappa shape index (κ2) is 14.4. The van der Waals surface area contributed by atoms with E-state index in [2.05, 4.69) is 103 Å². The van der Waals surface area contributed by atoms with Crippen LogP contribution in [0.4, 0.5) is 8.78 Å². The van der Waals surface area contributed by atoms with E-state index >= 15 is 0 Å². The van der Waals surface area contributed by atoms with Crippen LogP contribution in [0.15, 0.2) is 0 Å². The Kier molecular flexibility index (Phi) is 13.6. The molecule has 0 spiro atoms. The number of hydrogen-bond donors (Lipinski definition) is 0. The molecule has 4 heterocycles. The monoisotopic (exact) mass is 575 g/mol. The molecule has 0 radical (unpaired) electrons. The minimum Gasteiger partial charge on any atom is -0.379 e. The number of ether oxygens (including phenoxy) is 1. The van der Waals surface area contributed by atoms with Crippen LogP contribution in [0, 0.1) is 0 Å². The molecule has 4 fully saturated rings. The highest BCUT2D eigenvalue weighted by atomic mass is 19.1. The van der Waals surface area contributed by atoms with Crippen molar-refractivity contribution in [3.63, 3.8) is 0 Å². The zero-order valence-corrected chi connectivity index (χ0v) is 29.1. The summed E-state index contributed by atoms with van der Waals surface area (Å²) in [4.78, 5) is 9.35. The van der Waals surface area contributed by atoms with Gasteiger partial charge in [0.05, 0.1) is 13.2 Å². The van der Waals surface area contributed by atoms with Gasteiger partial charge in [0.1, 0.15) is 11.3 Å². The van der Waals surface area contributed by atoms with Crippen LogP contribution in [0.25, 0.3) is 0 Å². The summed E-state index contributed by atoms with van der Waals surface area (Å²) in [6.45, 7) is 39.0. The van der Waals surface area contributed by atoms with Gasteiger partial charge in [-0.3, -0.25) is 19.6 Å². The number of rotatable bonds is 0. The van der Waals surface area contributed by atoms with Gasteiger partial charge in [-0.1, -0.05) is 0 Å². The summed E-state index contributed by atoms with van der Waals surface area (Å²) in [5.74, 6) is 0. The number of halogens is 2. The molecule has 4 saturated heterocycles.